The van der Waals surface area contributed by atoms with Crippen LogP contribution in [0, 0.1) is 19.7 Å². The van der Waals surface area contributed by atoms with Gasteiger partial charge >= 0.3 is 0 Å². The minimum Gasteiger partial charge on any atom is -0.494 e. The predicted molar refractivity (Wildman–Crippen MR) is 125 cm³/mol. The fourth-order valence-electron chi connectivity index (χ4n) is 3.68. The summed E-state index contributed by atoms with van der Waals surface area (Å²) in [6, 6.07) is 13.5. The van der Waals surface area contributed by atoms with Gasteiger partial charge in [0.25, 0.3) is 0 Å². The van der Waals surface area contributed by atoms with Crippen molar-refractivity contribution < 1.29 is 17.5 Å². The van der Waals surface area contributed by atoms with E-state index in [1.807, 2.05) is 49.1 Å². The van der Waals surface area contributed by atoms with Gasteiger partial charge in [0.1, 0.15) is 17.5 Å². The SMILES string of the molecule is COc1ccc(S(=O)(=O)N2CCN(c3cc(Nc4ccc(C)cc4)nc(C)n3)CC2)cc1F. The number of methoxy groups -OCH3 is 1. The van der Waals surface area contributed by atoms with Crippen LogP contribution in [0.15, 0.2) is 53.4 Å². The summed E-state index contributed by atoms with van der Waals surface area (Å²) in [6.07, 6.45) is 0. The summed E-state index contributed by atoms with van der Waals surface area (Å²) >= 11 is 0. The van der Waals surface area contributed by atoms with Gasteiger partial charge < -0.3 is 15.0 Å². The van der Waals surface area contributed by atoms with Crippen LogP contribution in [0.1, 0.15) is 11.4 Å². The smallest absolute Gasteiger partial charge is 0.243 e. The van der Waals surface area contributed by atoms with Crippen molar-refractivity contribution in [1.29, 1.82) is 0 Å². The van der Waals surface area contributed by atoms with Crippen molar-refractivity contribution in [3.05, 3.63) is 65.7 Å². The average molecular weight is 472 g/mol. The molecule has 1 saturated heterocycles. The Morgan fingerprint density at radius 3 is 2.30 bits per heavy atom. The van der Waals surface area contributed by atoms with Gasteiger partial charge in [0.2, 0.25) is 10.0 Å². The first-order valence-corrected chi connectivity index (χ1v) is 12.0. The van der Waals surface area contributed by atoms with Crippen LogP contribution in [0.3, 0.4) is 0 Å². The zero-order valence-corrected chi connectivity index (χ0v) is 19.6. The van der Waals surface area contributed by atoms with Gasteiger partial charge in [-0.2, -0.15) is 4.31 Å². The Labute approximate surface area is 193 Å². The first kappa shape index (κ1) is 22.9. The minimum atomic E-state index is -3.81. The normalized spacial score (nSPS) is 14.8. The summed E-state index contributed by atoms with van der Waals surface area (Å²) in [6.45, 7) is 5.29. The highest BCUT2D eigenvalue weighted by Crippen LogP contribution is 2.26. The van der Waals surface area contributed by atoms with E-state index >= 15 is 0 Å². The van der Waals surface area contributed by atoms with E-state index in [1.54, 1.807) is 0 Å². The van der Waals surface area contributed by atoms with Crippen LogP contribution >= 0.6 is 0 Å². The maximum absolute atomic E-state index is 14.0. The Hall–Kier alpha value is -3.24. The zero-order valence-electron chi connectivity index (χ0n) is 18.7. The Bertz CT molecular complexity index is 1240. The van der Waals surface area contributed by atoms with Gasteiger partial charge in [-0.25, -0.2) is 22.8 Å². The van der Waals surface area contributed by atoms with E-state index in [2.05, 4.69) is 15.3 Å². The highest BCUT2D eigenvalue weighted by Gasteiger charge is 2.30. The number of anilines is 3. The molecule has 0 radical (unpaired) electrons. The van der Waals surface area contributed by atoms with Gasteiger partial charge in [-0.1, -0.05) is 17.7 Å². The van der Waals surface area contributed by atoms with E-state index in [-0.39, 0.29) is 23.7 Å². The molecule has 0 spiro atoms. The van der Waals surface area contributed by atoms with Gasteiger partial charge in [-0.05, 0) is 44.2 Å². The van der Waals surface area contributed by atoms with Crippen LogP contribution in [-0.4, -0.2) is 56.0 Å². The van der Waals surface area contributed by atoms with E-state index in [0.29, 0.717) is 24.7 Å². The first-order chi connectivity index (χ1) is 15.8. The lowest BCUT2D eigenvalue weighted by Gasteiger charge is -2.34. The Balaban J connectivity index is 1.46. The molecule has 0 atom stereocenters. The number of hydrogen-bond acceptors (Lipinski definition) is 7. The number of ether oxygens (including phenoxy) is 1. The molecule has 2 aromatic carbocycles. The van der Waals surface area contributed by atoms with E-state index in [9.17, 15) is 12.8 Å². The van der Waals surface area contributed by atoms with E-state index in [1.165, 1.54) is 29.1 Å². The van der Waals surface area contributed by atoms with Gasteiger partial charge in [0.05, 0.1) is 12.0 Å². The molecule has 4 rings (SSSR count). The molecule has 33 heavy (non-hydrogen) atoms. The Morgan fingerprint density at radius 2 is 1.67 bits per heavy atom. The molecule has 1 N–H and O–H groups in total. The van der Waals surface area contributed by atoms with Crippen molar-refractivity contribution in [2.75, 3.05) is 43.5 Å². The van der Waals surface area contributed by atoms with Gasteiger partial charge in [0.15, 0.2) is 11.6 Å². The molecule has 1 aliphatic heterocycles. The summed E-state index contributed by atoms with van der Waals surface area (Å²) in [7, 11) is -2.47. The van der Waals surface area contributed by atoms with E-state index < -0.39 is 15.8 Å². The number of halogens is 1. The summed E-state index contributed by atoms with van der Waals surface area (Å²) in [5, 5.41) is 3.29. The number of hydrogen-bond donors (Lipinski definition) is 1. The number of nitrogens with one attached hydrogen (secondary N) is 1. The number of benzene rings is 2. The molecule has 8 nitrogen and oxygen atoms in total. The molecule has 0 saturated carbocycles. The van der Waals surface area contributed by atoms with Gasteiger partial charge in [-0.15, -0.1) is 0 Å². The number of sulfonamides is 1. The molecule has 0 aliphatic carbocycles. The molecule has 1 aliphatic rings. The molecule has 1 aromatic heterocycles. The molecular weight excluding hydrogens is 445 g/mol. The monoisotopic (exact) mass is 471 g/mol. The van der Waals surface area contributed by atoms with Crippen LogP contribution in [0.4, 0.5) is 21.7 Å². The quantitative estimate of drug-likeness (QED) is 0.589. The molecule has 0 bridgehead atoms. The first-order valence-electron chi connectivity index (χ1n) is 10.5. The van der Waals surface area contributed by atoms with Crippen LogP contribution in [0.2, 0.25) is 0 Å². The van der Waals surface area contributed by atoms with Gasteiger partial charge in [0, 0.05) is 37.9 Å². The third-order valence-corrected chi connectivity index (χ3v) is 7.37. The number of nitrogens with zero attached hydrogens (tertiary/aromatic N) is 4. The van der Waals surface area contributed by atoms with Crippen molar-refractivity contribution in [2.45, 2.75) is 18.7 Å². The lowest BCUT2D eigenvalue weighted by molar-refractivity contribution is 0.379. The molecule has 3 aromatic rings. The molecule has 10 heteroatoms. The standard InChI is InChI=1S/C23H26FN5O3S/c1-16-4-6-18(7-5-16)27-22-15-23(26-17(2)25-22)28-10-12-29(13-11-28)33(30,31)19-8-9-21(32-3)20(24)14-19/h4-9,14-15H,10-13H2,1-3H3,(H,25,26,27). The second-order valence-corrected chi connectivity index (χ2v) is 9.78. The second kappa shape index (κ2) is 9.32. The molecular formula is C23H26FN5O3S. The number of piperazine rings is 1. The average Bonchev–Trinajstić information content (AvgIpc) is 2.80. The van der Waals surface area contributed by atoms with Crippen LogP contribution in [0.5, 0.6) is 5.75 Å². The summed E-state index contributed by atoms with van der Waals surface area (Å²) in [5.41, 5.74) is 2.09. The Morgan fingerprint density at radius 1 is 0.970 bits per heavy atom. The number of rotatable bonds is 6. The molecule has 174 valence electrons. The van der Waals surface area contributed by atoms with Crippen molar-refractivity contribution in [1.82, 2.24) is 14.3 Å². The predicted octanol–water partition coefficient (Wildman–Crippen LogP) is 3.50. The van der Waals surface area contributed by atoms with Crippen LogP contribution in [-0.2, 0) is 10.0 Å². The Kier molecular flexibility index (Phi) is 6.48. The zero-order chi connectivity index (χ0) is 23.6. The summed E-state index contributed by atoms with van der Waals surface area (Å²) < 4.78 is 46.3. The maximum atomic E-state index is 14.0. The van der Waals surface area contributed by atoms with Crippen molar-refractivity contribution >= 4 is 27.3 Å². The van der Waals surface area contributed by atoms with Crippen molar-refractivity contribution in [2.24, 2.45) is 0 Å². The molecule has 1 fully saturated rings. The molecule has 2 heterocycles. The highest BCUT2D eigenvalue weighted by molar-refractivity contribution is 7.89. The van der Waals surface area contributed by atoms with Crippen LogP contribution in [0.25, 0.3) is 0 Å². The van der Waals surface area contributed by atoms with Crippen molar-refractivity contribution in [3.8, 4) is 5.75 Å². The van der Waals surface area contributed by atoms with Crippen LogP contribution < -0.4 is 15.0 Å². The number of aromatic nitrogens is 2. The fraction of sp³-hybridized carbons (Fsp3) is 0.304. The molecule has 0 unspecified atom stereocenters. The van der Waals surface area contributed by atoms with E-state index in [0.717, 1.165) is 17.6 Å². The topological polar surface area (TPSA) is 87.7 Å². The second-order valence-electron chi connectivity index (χ2n) is 7.84. The fourth-order valence-corrected chi connectivity index (χ4v) is 5.11. The highest BCUT2D eigenvalue weighted by atomic mass is 32.2. The minimum absolute atomic E-state index is 0.00736. The summed E-state index contributed by atoms with van der Waals surface area (Å²) in [4.78, 5) is 10.9. The largest absolute Gasteiger partial charge is 0.494 e. The maximum Gasteiger partial charge on any atom is 0.243 e. The molecule has 0 amide bonds. The third kappa shape index (κ3) is 5.07. The van der Waals surface area contributed by atoms with Crippen molar-refractivity contribution in [3.63, 3.8) is 0 Å². The van der Waals surface area contributed by atoms with Gasteiger partial charge in [-0.3, -0.25) is 0 Å². The van der Waals surface area contributed by atoms with E-state index in [4.69, 9.17) is 4.74 Å². The summed E-state index contributed by atoms with van der Waals surface area (Å²) in [5.74, 6) is 1.32. The lowest BCUT2D eigenvalue weighted by atomic mass is 10.2. The lowest BCUT2D eigenvalue weighted by Crippen LogP contribution is -2.49. The number of aryl methyl sites for hydroxylation is 2. The third-order valence-electron chi connectivity index (χ3n) is 5.47.